The summed E-state index contributed by atoms with van der Waals surface area (Å²) in [6, 6.07) is 1.57. The van der Waals surface area contributed by atoms with E-state index in [4.69, 9.17) is 4.74 Å². The number of carbonyl (C=O) groups is 1. The van der Waals surface area contributed by atoms with E-state index in [-0.39, 0.29) is 17.4 Å². The number of likely N-dealkylation sites (N-methyl/N-ethyl adjacent to an activating group) is 1. The van der Waals surface area contributed by atoms with Gasteiger partial charge in [0.15, 0.2) is 0 Å². The Bertz CT molecular complexity index is 384. The monoisotopic (exact) mass is 237 g/mol. The van der Waals surface area contributed by atoms with Crippen molar-refractivity contribution in [2.75, 3.05) is 26.8 Å². The second kappa shape index (κ2) is 4.49. The van der Waals surface area contributed by atoms with Crippen molar-refractivity contribution in [2.24, 2.45) is 5.41 Å². The predicted molar refractivity (Wildman–Crippen MR) is 63.5 cm³/mol. The zero-order chi connectivity index (χ0) is 12.5. The van der Waals surface area contributed by atoms with Crippen LogP contribution in [0.25, 0.3) is 0 Å². The maximum Gasteiger partial charge on any atom is 0.246 e. The van der Waals surface area contributed by atoms with Crippen LogP contribution in [0.2, 0.25) is 0 Å². The first-order valence-electron chi connectivity index (χ1n) is 5.84. The van der Waals surface area contributed by atoms with Gasteiger partial charge in [-0.05, 0) is 13.0 Å². The summed E-state index contributed by atoms with van der Waals surface area (Å²) in [6.45, 7) is 6.21. The molecule has 1 unspecified atom stereocenters. The molecule has 0 bridgehead atoms. The van der Waals surface area contributed by atoms with Crippen LogP contribution < -0.4 is 0 Å². The van der Waals surface area contributed by atoms with E-state index in [0.717, 1.165) is 19.8 Å². The van der Waals surface area contributed by atoms with Crippen LogP contribution in [-0.4, -0.2) is 47.4 Å². The molecule has 2 rings (SSSR count). The summed E-state index contributed by atoms with van der Waals surface area (Å²) in [6.07, 6.45) is 3.50. The van der Waals surface area contributed by atoms with Gasteiger partial charge in [-0.3, -0.25) is 9.48 Å². The summed E-state index contributed by atoms with van der Waals surface area (Å²) >= 11 is 0. The highest BCUT2D eigenvalue weighted by molar-refractivity contribution is 5.79. The van der Waals surface area contributed by atoms with Crippen molar-refractivity contribution in [1.29, 1.82) is 0 Å². The van der Waals surface area contributed by atoms with Crippen LogP contribution >= 0.6 is 0 Å². The molecule has 94 valence electrons. The lowest BCUT2D eigenvalue weighted by molar-refractivity contribution is -0.144. The number of carbonyl (C=O) groups excluding carboxylic acids is 1. The highest BCUT2D eigenvalue weighted by Crippen LogP contribution is 2.27. The van der Waals surface area contributed by atoms with Gasteiger partial charge in [0.05, 0.1) is 13.2 Å². The summed E-state index contributed by atoms with van der Waals surface area (Å²) < 4.78 is 6.87. The molecular weight excluding hydrogens is 218 g/mol. The Balaban J connectivity index is 1.95. The number of nitrogens with zero attached hydrogens (tertiary/aromatic N) is 3. The highest BCUT2D eigenvalue weighted by Gasteiger charge is 2.36. The fourth-order valence-electron chi connectivity index (χ4n) is 2.13. The van der Waals surface area contributed by atoms with Crippen molar-refractivity contribution in [1.82, 2.24) is 14.7 Å². The Kier molecular flexibility index (Phi) is 3.19. The standard InChI is InChI=1S/C12H19N3O2/c1-10(15-6-4-5-13-15)11(16)14(3)7-12(2)8-17-9-12/h4-6,10H,7-9H2,1-3H3. The van der Waals surface area contributed by atoms with E-state index in [9.17, 15) is 4.79 Å². The van der Waals surface area contributed by atoms with Crippen molar-refractivity contribution in [2.45, 2.75) is 19.9 Å². The Morgan fingerprint density at radius 2 is 2.35 bits per heavy atom. The van der Waals surface area contributed by atoms with E-state index in [0.29, 0.717) is 0 Å². The lowest BCUT2D eigenvalue weighted by Crippen LogP contribution is -2.50. The fraction of sp³-hybridized carbons (Fsp3) is 0.667. The van der Waals surface area contributed by atoms with Crippen LogP contribution in [0.5, 0.6) is 0 Å². The molecule has 1 amide bonds. The summed E-state index contributed by atoms with van der Waals surface area (Å²) in [5.74, 6) is 0.0850. The average molecular weight is 237 g/mol. The number of ether oxygens (including phenoxy) is 1. The second-order valence-corrected chi connectivity index (χ2v) is 5.16. The van der Waals surface area contributed by atoms with Crippen LogP contribution in [-0.2, 0) is 9.53 Å². The third-order valence-electron chi connectivity index (χ3n) is 3.18. The van der Waals surface area contributed by atoms with Gasteiger partial charge in [-0.1, -0.05) is 6.92 Å². The minimum Gasteiger partial charge on any atom is -0.380 e. The molecule has 0 aromatic carbocycles. The van der Waals surface area contributed by atoms with E-state index < -0.39 is 0 Å². The Morgan fingerprint density at radius 1 is 1.65 bits per heavy atom. The summed E-state index contributed by atoms with van der Waals surface area (Å²) in [5.41, 5.74) is 0.119. The van der Waals surface area contributed by atoms with E-state index in [1.54, 1.807) is 15.8 Å². The van der Waals surface area contributed by atoms with Gasteiger partial charge in [-0.2, -0.15) is 5.10 Å². The van der Waals surface area contributed by atoms with Crippen molar-refractivity contribution >= 4 is 5.91 Å². The van der Waals surface area contributed by atoms with E-state index >= 15 is 0 Å². The normalized spacial score (nSPS) is 19.5. The Hall–Kier alpha value is -1.36. The van der Waals surface area contributed by atoms with Crippen LogP contribution in [0.4, 0.5) is 0 Å². The second-order valence-electron chi connectivity index (χ2n) is 5.16. The maximum absolute atomic E-state index is 12.2. The zero-order valence-electron chi connectivity index (χ0n) is 10.6. The Morgan fingerprint density at radius 3 is 2.82 bits per heavy atom. The van der Waals surface area contributed by atoms with E-state index in [1.807, 2.05) is 26.2 Å². The van der Waals surface area contributed by atoms with Crippen LogP contribution in [0.3, 0.4) is 0 Å². The first-order chi connectivity index (χ1) is 8.02. The number of aromatic nitrogens is 2. The molecule has 1 saturated heterocycles. The number of hydrogen-bond acceptors (Lipinski definition) is 3. The summed E-state index contributed by atoms with van der Waals surface area (Å²) in [7, 11) is 1.84. The first kappa shape index (κ1) is 12.1. The van der Waals surface area contributed by atoms with Gasteiger partial charge in [0.2, 0.25) is 5.91 Å². The average Bonchev–Trinajstić information content (AvgIpc) is 2.78. The van der Waals surface area contributed by atoms with Crippen LogP contribution in [0.1, 0.15) is 19.9 Å². The van der Waals surface area contributed by atoms with Gasteiger partial charge in [-0.15, -0.1) is 0 Å². The molecular formula is C12H19N3O2. The summed E-state index contributed by atoms with van der Waals surface area (Å²) in [5, 5.41) is 4.09. The number of hydrogen-bond donors (Lipinski definition) is 0. The molecule has 1 aliphatic heterocycles. The molecule has 0 radical (unpaired) electrons. The molecule has 5 nitrogen and oxygen atoms in total. The predicted octanol–water partition coefficient (Wildman–Crippen LogP) is 0.939. The van der Waals surface area contributed by atoms with Crippen molar-refractivity contribution < 1.29 is 9.53 Å². The molecule has 0 spiro atoms. The van der Waals surface area contributed by atoms with E-state index in [1.165, 1.54) is 0 Å². The van der Waals surface area contributed by atoms with Gasteiger partial charge in [0.25, 0.3) is 0 Å². The molecule has 1 aromatic rings. The number of rotatable bonds is 4. The molecule has 0 N–H and O–H groups in total. The van der Waals surface area contributed by atoms with Gasteiger partial charge in [0, 0.05) is 31.4 Å². The van der Waals surface area contributed by atoms with Gasteiger partial charge >= 0.3 is 0 Å². The topological polar surface area (TPSA) is 47.4 Å². The maximum atomic E-state index is 12.2. The smallest absolute Gasteiger partial charge is 0.246 e. The molecule has 0 aliphatic carbocycles. The van der Waals surface area contributed by atoms with Crippen LogP contribution in [0, 0.1) is 5.41 Å². The largest absolute Gasteiger partial charge is 0.380 e. The minimum atomic E-state index is -0.250. The molecule has 17 heavy (non-hydrogen) atoms. The molecule has 2 heterocycles. The molecule has 1 aromatic heterocycles. The molecule has 0 saturated carbocycles. The Labute approximate surface area is 101 Å². The van der Waals surface area contributed by atoms with Gasteiger partial charge in [-0.25, -0.2) is 0 Å². The third kappa shape index (κ3) is 2.49. The molecule has 5 heteroatoms. The fourth-order valence-corrected chi connectivity index (χ4v) is 2.13. The lowest BCUT2D eigenvalue weighted by Gasteiger charge is -2.41. The van der Waals surface area contributed by atoms with Crippen molar-refractivity contribution in [3.63, 3.8) is 0 Å². The molecule has 1 atom stereocenters. The molecule has 1 aliphatic rings. The minimum absolute atomic E-state index is 0.0850. The number of amides is 1. The van der Waals surface area contributed by atoms with Gasteiger partial charge < -0.3 is 9.64 Å². The SMILES string of the molecule is CC(C(=O)N(C)CC1(C)COC1)n1cccn1. The first-order valence-corrected chi connectivity index (χ1v) is 5.84. The van der Waals surface area contributed by atoms with Crippen molar-refractivity contribution in [3.05, 3.63) is 18.5 Å². The van der Waals surface area contributed by atoms with Gasteiger partial charge in [0.1, 0.15) is 6.04 Å². The quantitative estimate of drug-likeness (QED) is 0.783. The lowest BCUT2D eigenvalue weighted by atomic mass is 9.88. The highest BCUT2D eigenvalue weighted by atomic mass is 16.5. The molecule has 1 fully saturated rings. The van der Waals surface area contributed by atoms with Crippen molar-refractivity contribution in [3.8, 4) is 0 Å². The summed E-state index contributed by atoms with van der Waals surface area (Å²) in [4.78, 5) is 14.0. The van der Waals surface area contributed by atoms with Crippen LogP contribution in [0.15, 0.2) is 18.5 Å². The third-order valence-corrected chi connectivity index (χ3v) is 3.18. The van der Waals surface area contributed by atoms with E-state index in [2.05, 4.69) is 12.0 Å². The zero-order valence-corrected chi connectivity index (χ0v) is 10.6.